The minimum Gasteiger partial charge on any atom is -0.338 e. The second-order valence-corrected chi connectivity index (χ2v) is 5.94. The van der Waals surface area contributed by atoms with Crippen LogP contribution >= 0.6 is 0 Å². The van der Waals surface area contributed by atoms with Gasteiger partial charge in [-0.1, -0.05) is 12.8 Å². The molecule has 1 heterocycles. The minimum atomic E-state index is -0.560. The van der Waals surface area contributed by atoms with Gasteiger partial charge in [-0.3, -0.25) is 9.69 Å². The van der Waals surface area contributed by atoms with E-state index in [0.29, 0.717) is 12.1 Å². The number of carbonyl (C=O) groups excluding carboxylic acids is 1. The molecule has 0 aromatic rings. The third kappa shape index (κ3) is 2.33. The predicted octanol–water partition coefficient (Wildman–Crippen LogP) is 0.809. The van der Waals surface area contributed by atoms with Gasteiger partial charge in [0.15, 0.2) is 0 Å². The van der Waals surface area contributed by atoms with Crippen molar-refractivity contribution < 1.29 is 4.79 Å². The van der Waals surface area contributed by atoms with Crippen LogP contribution < -0.4 is 5.73 Å². The molecule has 0 radical (unpaired) electrons. The van der Waals surface area contributed by atoms with E-state index in [4.69, 9.17) is 5.73 Å². The molecule has 98 valence electrons. The number of amides is 1. The SMILES string of the molecule is CC1CN(C(=O)C2(N)CCCC2)CC(C)N1C. The van der Waals surface area contributed by atoms with Gasteiger partial charge < -0.3 is 10.6 Å². The molecule has 0 spiro atoms. The molecule has 1 amide bonds. The van der Waals surface area contributed by atoms with E-state index in [0.717, 1.165) is 38.8 Å². The van der Waals surface area contributed by atoms with Crippen LogP contribution in [-0.4, -0.2) is 53.5 Å². The highest BCUT2D eigenvalue weighted by molar-refractivity contribution is 5.86. The summed E-state index contributed by atoms with van der Waals surface area (Å²) in [6, 6.07) is 0.848. The lowest BCUT2D eigenvalue weighted by molar-refractivity contribution is -0.140. The van der Waals surface area contributed by atoms with Crippen LogP contribution in [0.5, 0.6) is 0 Å². The molecule has 2 unspecified atom stereocenters. The number of hydrogen-bond acceptors (Lipinski definition) is 3. The maximum atomic E-state index is 12.5. The Labute approximate surface area is 104 Å². The Kier molecular flexibility index (Phi) is 3.46. The van der Waals surface area contributed by atoms with Gasteiger partial charge in [0.1, 0.15) is 0 Å². The molecular weight excluding hydrogens is 214 g/mol. The molecule has 0 aromatic heterocycles. The summed E-state index contributed by atoms with van der Waals surface area (Å²) in [5, 5.41) is 0. The molecule has 1 saturated heterocycles. The molecule has 2 fully saturated rings. The van der Waals surface area contributed by atoms with E-state index in [1.807, 2.05) is 4.90 Å². The second kappa shape index (κ2) is 4.58. The average molecular weight is 239 g/mol. The summed E-state index contributed by atoms with van der Waals surface area (Å²) < 4.78 is 0. The summed E-state index contributed by atoms with van der Waals surface area (Å²) >= 11 is 0. The van der Waals surface area contributed by atoms with Gasteiger partial charge in [0, 0.05) is 25.2 Å². The van der Waals surface area contributed by atoms with E-state index in [2.05, 4.69) is 25.8 Å². The van der Waals surface area contributed by atoms with Crippen molar-refractivity contribution in [3.05, 3.63) is 0 Å². The van der Waals surface area contributed by atoms with Gasteiger partial charge in [0.05, 0.1) is 5.54 Å². The zero-order chi connectivity index (χ0) is 12.6. The summed E-state index contributed by atoms with van der Waals surface area (Å²) in [5.41, 5.74) is 5.69. The quantitative estimate of drug-likeness (QED) is 0.736. The lowest BCUT2D eigenvalue weighted by Gasteiger charge is -2.44. The fraction of sp³-hybridized carbons (Fsp3) is 0.923. The van der Waals surface area contributed by atoms with E-state index < -0.39 is 5.54 Å². The average Bonchev–Trinajstić information content (AvgIpc) is 2.72. The Morgan fingerprint density at radius 3 is 2.12 bits per heavy atom. The van der Waals surface area contributed by atoms with Crippen LogP contribution in [-0.2, 0) is 4.79 Å². The maximum absolute atomic E-state index is 12.5. The molecule has 1 aliphatic heterocycles. The topological polar surface area (TPSA) is 49.6 Å². The van der Waals surface area contributed by atoms with Crippen LogP contribution in [0.1, 0.15) is 39.5 Å². The highest BCUT2D eigenvalue weighted by Crippen LogP contribution is 2.30. The number of nitrogens with zero attached hydrogens (tertiary/aromatic N) is 2. The largest absolute Gasteiger partial charge is 0.338 e. The Hall–Kier alpha value is -0.610. The summed E-state index contributed by atoms with van der Waals surface area (Å²) in [6.07, 6.45) is 3.92. The Morgan fingerprint density at radius 1 is 1.18 bits per heavy atom. The van der Waals surface area contributed by atoms with Crippen LogP contribution in [0.25, 0.3) is 0 Å². The first kappa shape index (κ1) is 12.8. The predicted molar refractivity (Wildman–Crippen MR) is 68.7 cm³/mol. The molecule has 1 saturated carbocycles. The first-order chi connectivity index (χ1) is 7.94. The van der Waals surface area contributed by atoms with E-state index in [9.17, 15) is 4.79 Å². The smallest absolute Gasteiger partial charge is 0.242 e. The number of piperazine rings is 1. The third-order valence-electron chi connectivity index (χ3n) is 4.57. The van der Waals surface area contributed by atoms with E-state index >= 15 is 0 Å². The zero-order valence-electron chi connectivity index (χ0n) is 11.3. The maximum Gasteiger partial charge on any atom is 0.242 e. The van der Waals surface area contributed by atoms with Gasteiger partial charge in [-0.15, -0.1) is 0 Å². The molecule has 17 heavy (non-hydrogen) atoms. The van der Waals surface area contributed by atoms with Crippen molar-refractivity contribution in [3.63, 3.8) is 0 Å². The molecule has 0 bridgehead atoms. The molecule has 1 aliphatic carbocycles. The normalized spacial score (nSPS) is 34.0. The Balaban J connectivity index is 2.05. The lowest BCUT2D eigenvalue weighted by Crippen LogP contribution is -2.62. The number of likely N-dealkylation sites (N-methyl/N-ethyl adjacent to an activating group) is 1. The van der Waals surface area contributed by atoms with E-state index in [1.54, 1.807) is 0 Å². The fourth-order valence-electron chi connectivity index (χ4n) is 3.10. The number of carbonyl (C=O) groups is 1. The first-order valence-electron chi connectivity index (χ1n) is 6.74. The lowest BCUT2D eigenvalue weighted by atomic mass is 9.95. The van der Waals surface area contributed by atoms with Crippen molar-refractivity contribution in [2.75, 3.05) is 20.1 Å². The molecule has 2 rings (SSSR count). The van der Waals surface area contributed by atoms with Crippen molar-refractivity contribution >= 4 is 5.91 Å². The molecule has 4 heteroatoms. The fourth-order valence-corrected chi connectivity index (χ4v) is 3.10. The standard InChI is InChI=1S/C13H25N3O/c1-10-8-16(9-11(2)15(10)3)12(17)13(14)6-4-5-7-13/h10-11H,4-9,14H2,1-3H3. The highest BCUT2D eigenvalue weighted by Gasteiger charge is 2.42. The first-order valence-corrected chi connectivity index (χ1v) is 6.74. The van der Waals surface area contributed by atoms with Gasteiger partial charge in [-0.25, -0.2) is 0 Å². The number of hydrogen-bond donors (Lipinski definition) is 1. The van der Waals surface area contributed by atoms with Crippen LogP contribution in [0.3, 0.4) is 0 Å². The zero-order valence-corrected chi connectivity index (χ0v) is 11.3. The molecule has 2 N–H and O–H groups in total. The van der Waals surface area contributed by atoms with E-state index in [-0.39, 0.29) is 5.91 Å². The van der Waals surface area contributed by atoms with Crippen LogP contribution in [0, 0.1) is 0 Å². The van der Waals surface area contributed by atoms with Crippen molar-refractivity contribution in [2.24, 2.45) is 5.73 Å². The van der Waals surface area contributed by atoms with Crippen LogP contribution in [0.2, 0.25) is 0 Å². The van der Waals surface area contributed by atoms with Gasteiger partial charge in [-0.05, 0) is 33.7 Å². The van der Waals surface area contributed by atoms with Crippen LogP contribution in [0.15, 0.2) is 0 Å². The van der Waals surface area contributed by atoms with Gasteiger partial charge in [0.25, 0.3) is 0 Å². The Bertz CT molecular complexity index is 287. The summed E-state index contributed by atoms with van der Waals surface area (Å²) in [6.45, 7) is 5.98. The van der Waals surface area contributed by atoms with E-state index in [1.165, 1.54) is 0 Å². The number of nitrogens with two attached hydrogens (primary N) is 1. The van der Waals surface area contributed by atoms with Gasteiger partial charge in [-0.2, -0.15) is 0 Å². The summed E-state index contributed by atoms with van der Waals surface area (Å²) in [5.74, 6) is 0.182. The molecular formula is C13H25N3O. The molecule has 0 aromatic carbocycles. The van der Waals surface area contributed by atoms with Crippen molar-refractivity contribution in [3.8, 4) is 0 Å². The monoisotopic (exact) mass is 239 g/mol. The second-order valence-electron chi connectivity index (χ2n) is 5.94. The summed E-state index contributed by atoms with van der Waals surface area (Å²) in [4.78, 5) is 16.8. The minimum absolute atomic E-state index is 0.182. The van der Waals surface area contributed by atoms with Crippen molar-refractivity contribution in [1.82, 2.24) is 9.80 Å². The Morgan fingerprint density at radius 2 is 1.65 bits per heavy atom. The van der Waals surface area contributed by atoms with Crippen molar-refractivity contribution in [1.29, 1.82) is 0 Å². The third-order valence-corrected chi connectivity index (χ3v) is 4.57. The molecule has 2 atom stereocenters. The highest BCUT2D eigenvalue weighted by atomic mass is 16.2. The molecule has 4 nitrogen and oxygen atoms in total. The summed E-state index contributed by atoms with van der Waals surface area (Å²) in [7, 11) is 2.13. The van der Waals surface area contributed by atoms with Gasteiger partial charge in [0.2, 0.25) is 5.91 Å². The van der Waals surface area contributed by atoms with Crippen LogP contribution in [0.4, 0.5) is 0 Å². The number of rotatable bonds is 1. The van der Waals surface area contributed by atoms with Crippen molar-refractivity contribution in [2.45, 2.75) is 57.2 Å². The van der Waals surface area contributed by atoms with Gasteiger partial charge >= 0.3 is 0 Å². The molecule has 2 aliphatic rings.